The molecule has 0 aromatic heterocycles. The molecule has 0 aromatic carbocycles. The molecule has 2 fully saturated rings. The highest BCUT2D eigenvalue weighted by Crippen LogP contribution is 2.59. The first-order valence-corrected chi connectivity index (χ1v) is 5.09. The average Bonchev–Trinajstić information content (AvgIpc) is 2.26. The van der Waals surface area contributed by atoms with E-state index in [0.29, 0.717) is 5.78 Å². The highest BCUT2D eigenvalue weighted by Gasteiger charge is 2.58. The van der Waals surface area contributed by atoms with Gasteiger partial charge in [-0.1, -0.05) is 20.8 Å². The monoisotopic (exact) mass is 166 g/mol. The summed E-state index contributed by atoms with van der Waals surface area (Å²) >= 11 is 0. The lowest BCUT2D eigenvalue weighted by molar-refractivity contribution is -0.143. The molecule has 0 spiro atoms. The molecule has 1 nitrogen and oxygen atoms in total. The van der Waals surface area contributed by atoms with E-state index in [-0.39, 0.29) is 5.41 Å². The zero-order chi connectivity index (χ0) is 8.93. The minimum atomic E-state index is 0.106. The molecule has 68 valence electrons. The molecule has 0 unspecified atom stereocenters. The highest BCUT2D eigenvalue weighted by molar-refractivity contribution is 5.91. The quantitative estimate of drug-likeness (QED) is 0.585. The number of rotatable bonds is 1. The van der Waals surface area contributed by atoms with Gasteiger partial charge in [0.2, 0.25) is 0 Å². The first-order chi connectivity index (χ1) is 5.55. The van der Waals surface area contributed by atoms with Crippen LogP contribution in [-0.4, -0.2) is 5.78 Å². The van der Waals surface area contributed by atoms with E-state index in [1.807, 2.05) is 0 Å². The second-order valence-corrected chi connectivity index (χ2v) is 5.10. The van der Waals surface area contributed by atoms with Crippen molar-refractivity contribution >= 4 is 5.78 Å². The largest absolute Gasteiger partial charge is 0.299 e. The molecule has 0 aliphatic heterocycles. The van der Waals surface area contributed by atoms with Crippen molar-refractivity contribution in [3.8, 4) is 0 Å². The van der Waals surface area contributed by atoms with Gasteiger partial charge in [0.1, 0.15) is 5.78 Å². The van der Waals surface area contributed by atoms with Crippen molar-refractivity contribution in [3.63, 3.8) is 0 Å². The summed E-state index contributed by atoms with van der Waals surface area (Å²) in [7, 11) is 0. The number of carbonyl (C=O) groups excluding carboxylic acids is 1. The Kier molecular flexibility index (Phi) is 1.61. The van der Waals surface area contributed by atoms with E-state index in [9.17, 15) is 4.79 Å². The second kappa shape index (κ2) is 2.34. The molecule has 0 saturated heterocycles. The topological polar surface area (TPSA) is 17.1 Å². The summed E-state index contributed by atoms with van der Waals surface area (Å²) in [6.07, 6.45) is 3.31. The summed E-state index contributed by atoms with van der Waals surface area (Å²) in [6, 6.07) is 0. The van der Waals surface area contributed by atoms with Crippen LogP contribution in [0.3, 0.4) is 0 Å². The normalized spacial score (nSPS) is 46.2. The zero-order valence-electron chi connectivity index (χ0n) is 8.26. The van der Waals surface area contributed by atoms with Crippen LogP contribution in [0.25, 0.3) is 0 Å². The second-order valence-electron chi connectivity index (χ2n) is 5.10. The third-order valence-electron chi connectivity index (χ3n) is 4.23. The molecular weight excluding hydrogens is 148 g/mol. The molecule has 0 N–H and O–H groups in total. The summed E-state index contributed by atoms with van der Waals surface area (Å²) in [6.45, 7) is 6.75. The van der Waals surface area contributed by atoms with Crippen LogP contribution in [0.2, 0.25) is 0 Å². The molecule has 2 saturated carbocycles. The summed E-state index contributed by atoms with van der Waals surface area (Å²) in [5, 5.41) is 0. The third kappa shape index (κ3) is 0.826. The summed E-state index contributed by atoms with van der Waals surface area (Å²) in [5.74, 6) is 2.85. The van der Waals surface area contributed by atoms with Crippen molar-refractivity contribution in [1.29, 1.82) is 0 Å². The Labute approximate surface area is 74.5 Å². The van der Waals surface area contributed by atoms with Gasteiger partial charge in [0.25, 0.3) is 0 Å². The zero-order valence-corrected chi connectivity index (χ0v) is 8.26. The molecule has 2 rings (SSSR count). The molecule has 0 aromatic rings. The number of fused-ring (bicyclic) bond motifs is 1. The van der Waals surface area contributed by atoms with E-state index in [1.165, 1.54) is 6.42 Å². The van der Waals surface area contributed by atoms with Crippen LogP contribution in [-0.2, 0) is 4.79 Å². The maximum atomic E-state index is 11.4. The molecule has 3 atom stereocenters. The number of hydrogen-bond donors (Lipinski definition) is 0. The molecule has 2 aliphatic rings. The van der Waals surface area contributed by atoms with Gasteiger partial charge in [-0.3, -0.25) is 4.79 Å². The number of ketones is 1. The lowest BCUT2D eigenvalue weighted by atomic mass is 9.59. The van der Waals surface area contributed by atoms with Crippen LogP contribution < -0.4 is 0 Å². The summed E-state index contributed by atoms with van der Waals surface area (Å²) in [5.41, 5.74) is 0.106. The van der Waals surface area contributed by atoms with Crippen LogP contribution in [0.4, 0.5) is 0 Å². The van der Waals surface area contributed by atoms with E-state index >= 15 is 0 Å². The summed E-state index contributed by atoms with van der Waals surface area (Å²) in [4.78, 5) is 11.4. The number of carbonyl (C=O) groups is 1. The first-order valence-electron chi connectivity index (χ1n) is 5.09. The van der Waals surface area contributed by atoms with Crippen molar-refractivity contribution < 1.29 is 4.79 Å². The summed E-state index contributed by atoms with van der Waals surface area (Å²) < 4.78 is 0. The minimum absolute atomic E-state index is 0.106. The predicted octanol–water partition coefficient (Wildman–Crippen LogP) is 2.65. The third-order valence-corrected chi connectivity index (χ3v) is 4.23. The maximum Gasteiger partial charge on any atom is 0.139 e. The van der Waals surface area contributed by atoms with Crippen molar-refractivity contribution in [2.45, 2.75) is 40.0 Å². The molecule has 2 aliphatic carbocycles. The number of hydrogen-bond acceptors (Lipinski definition) is 1. The van der Waals surface area contributed by atoms with Crippen molar-refractivity contribution in [2.24, 2.45) is 23.2 Å². The fraction of sp³-hybridized carbons (Fsp3) is 0.909. The molecule has 1 heteroatoms. The lowest BCUT2D eigenvalue weighted by Gasteiger charge is -2.43. The van der Waals surface area contributed by atoms with Gasteiger partial charge in [-0.25, -0.2) is 0 Å². The Balaban J connectivity index is 2.15. The van der Waals surface area contributed by atoms with Crippen molar-refractivity contribution in [1.82, 2.24) is 0 Å². The molecule has 0 bridgehead atoms. The molecule has 12 heavy (non-hydrogen) atoms. The van der Waals surface area contributed by atoms with Crippen LogP contribution in [0.5, 0.6) is 0 Å². The van der Waals surface area contributed by atoms with E-state index in [2.05, 4.69) is 20.8 Å². The highest BCUT2D eigenvalue weighted by atomic mass is 16.1. The van der Waals surface area contributed by atoms with Gasteiger partial charge in [-0.05, 0) is 30.6 Å². The Morgan fingerprint density at radius 1 is 1.50 bits per heavy atom. The fourth-order valence-corrected chi connectivity index (χ4v) is 3.15. The van der Waals surface area contributed by atoms with E-state index < -0.39 is 0 Å². The standard InChI is InChI=1S/C11H18O/c1-7(2)8-4-5-11(3)9(8)6-10(11)12/h7-9H,4-6H2,1-3H3/t8-,9-,11+/m1/s1. The Bertz CT molecular complexity index is 219. The van der Waals surface area contributed by atoms with Crippen LogP contribution in [0.15, 0.2) is 0 Å². The predicted molar refractivity (Wildman–Crippen MR) is 48.8 cm³/mol. The van der Waals surface area contributed by atoms with E-state index in [1.54, 1.807) is 0 Å². The van der Waals surface area contributed by atoms with Gasteiger partial charge < -0.3 is 0 Å². The molecule has 0 radical (unpaired) electrons. The first kappa shape index (κ1) is 8.28. The van der Waals surface area contributed by atoms with Crippen LogP contribution >= 0.6 is 0 Å². The van der Waals surface area contributed by atoms with E-state index in [4.69, 9.17) is 0 Å². The van der Waals surface area contributed by atoms with Gasteiger partial charge in [-0.2, -0.15) is 0 Å². The Morgan fingerprint density at radius 3 is 2.58 bits per heavy atom. The average molecular weight is 166 g/mol. The van der Waals surface area contributed by atoms with Crippen molar-refractivity contribution in [2.75, 3.05) is 0 Å². The van der Waals surface area contributed by atoms with Gasteiger partial charge in [0.05, 0.1) is 0 Å². The lowest BCUT2D eigenvalue weighted by Crippen LogP contribution is -2.46. The smallest absolute Gasteiger partial charge is 0.139 e. The molecule has 0 amide bonds. The van der Waals surface area contributed by atoms with Gasteiger partial charge >= 0.3 is 0 Å². The van der Waals surface area contributed by atoms with Gasteiger partial charge in [0, 0.05) is 11.8 Å². The minimum Gasteiger partial charge on any atom is -0.299 e. The van der Waals surface area contributed by atoms with Crippen molar-refractivity contribution in [3.05, 3.63) is 0 Å². The molecule has 0 heterocycles. The Morgan fingerprint density at radius 2 is 2.17 bits per heavy atom. The van der Waals surface area contributed by atoms with E-state index in [0.717, 1.165) is 30.6 Å². The van der Waals surface area contributed by atoms with Crippen LogP contribution in [0.1, 0.15) is 40.0 Å². The fourth-order valence-electron chi connectivity index (χ4n) is 3.15. The maximum absolute atomic E-state index is 11.4. The van der Waals surface area contributed by atoms with Crippen LogP contribution in [0, 0.1) is 23.2 Å². The van der Waals surface area contributed by atoms with Gasteiger partial charge in [-0.15, -0.1) is 0 Å². The Hall–Kier alpha value is -0.330. The number of Topliss-reactive ketones (excluding diaryl/α,β-unsaturated/α-hetero) is 1. The molecular formula is C11H18O. The SMILES string of the molecule is CC(C)[C@H]1CC[C@]2(C)C(=O)C[C@H]12. The van der Waals surface area contributed by atoms with Gasteiger partial charge in [0.15, 0.2) is 0 Å².